The maximum Gasteiger partial charge on any atom is 0.253 e. The normalized spacial score (nSPS) is 15.2. The van der Waals surface area contributed by atoms with Crippen LogP contribution >= 0.6 is 0 Å². The van der Waals surface area contributed by atoms with E-state index >= 15 is 0 Å². The fourth-order valence-electron chi connectivity index (χ4n) is 3.85. The number of carbonyl (C=O) groups excluding carboxylic acids is 1. The first-order valence-electron chi connectivity index (χ1n) is 10.2. The number of H-pyrrole nitrogens is 1. The predicted octanol–water partition coefficient (Wildman–Crippen LogP) is 3.61. The summed E-state index contributed by atoms with van der Waals surface area (Å²) in [5, 5.41) is 1.04. The number of nitrogens with one attached hydrogen (secondary N) is 1. The van der Waals surface area contributed by atoms with Crippen LogP contribution in [0.15, 0.2) is 59.4 Å². The fourth-order valence-corrected chi connectivity index (χ4v) is 3.85. The van der Waals surface area contributed by atoms with Crippen LogP contribution in [0.4, 0.5) is 0 Å². The summed E-state index contributed by atoms with van der Waals surface area (Å²) >= 11 is 0. The molecule has 1 fully saturated rings. The number of carbonyl (C=O) groups is 1. The molecule has 0 radical (unpaired) electrons. The highest BCUT2D eigenvalue weighted by Crippen LogP contribution is 2.17. The zero-order chi connectivity index (χ0) is 20.4. The van der Waals surface area contributed by atoms with Gasteiger partial charge in [-0.25, -0.2) is 0 Å². The van der Waals surface area contributed by atoms with Crippen LogP contribution in [0.3, 0.4) is 0 Å². The summed E-state index contributed by atoms with van der Waals surface area (Å²) in [6, 6.07) is 17.7. The number of rotatable bonds is 4. The predicted molar refractivity (Wildman–Crippen MR) is 116 cm³/mol. The van der Waals surface area contributed by atoms with Gasteiger partial charge in [0.2, 0.25) is 0 Å². The summed E-state index contributed by atoms with van der Waals surface area (Å²) in [6.45, 7) is 7.79. The molecule has 1 saturated heterocycles. The lowest BCUT2D eigenvalue weighted by atomic mass is 10.0. The lowest BCUT2D eigenvalue weighted by Crippen LogP contribution is -2.48. The Bertz CT molecular complexity index is 1060. The summed E-state index contributed by atoms with van der Waals surface area (Å²) in [4.78, 5) is 32.3. The van der Waals surface area contributed by atoms with E-state index in [9.17, 15) is 9.59 Å². The lowest BCUT2D eigenvalue weighted by Gasteiger charge is -2.34. The van der Waals surface area contributed by atoms with Crippen molar-refractivity contribution >= 4 is 16.8 Å². The summed E-state index contributed by atoms with van der Waals surface area (Å²) in [6.07, 6.45) is 0. The van der Waals surface area contributed by atoms with Gasteiger partial charge in [0, 0.05) is 49.4 Å². The second-order valence-corrected chi connectivity index (χ2v) is 8.06. The average molecular weight is 389 g/mol. The number of pyridine rings is 1. The van der Waals surface area contributed by atoms with Crippen LogP contribution in [0.2, 0.25) is 0 Å². The van der Waals surface area contributed by atoms with Gasteiger partial charge >= 0.3 is 0 Å². The van der Waals surface area contributed by atoms with Gasteiger partial charge in [-0.3, -0.25) is 14.5 Å². The SMILES string of the molecule is CC(C)c1ccc(C(=O)N2CCN(Cc3cc4ccccc4[nH]c3=O)CC2)cc1. The highest BCUT2D eigenvalue weighted by molar-refractivity contribution is 5.94. The molecule has 4 rings (SSSR count). The van der Waals surface area contributed by atoms with Gasteiger partial charge in [-0.1, -0.05) is 44.2 Å². The number of fused-ring (bicyclic) bond motifs is 1. The third-order valence-corrected chi connectivity index (χ3v) is 5.71. The smallest absolute Gasteiger partial charge is 0.253 e. The van der Waals surface area contributed by atoms with E-state index in [0.717, 1.165) is 35.1 Å². The van der Waals surface area contributed by atoms with Crippen LogP contribution in [0.25, 0.3) is 10.9 Å². The van der Waals surface area contributed by atoms with Crippen LogP contribution in [-0.4, -0.2) is 46.9 Å². The first-order valence-corrected chi connectivity index (χ1v) is 10.2. The van der Waals surface area contributed by atoms with Gasteiger partial charge in [0.1, 0.15) is 0 Å². The van der Waals surface area contributed by atoms with Crippen molar-refractivity contribution in [3.8, 4) is 0 Å². The fraction of sp³-hybridized carbons (Fsp3) is 0.333. The summed E-state index contributed by atoms with van der Waals surface area (Å²) < 4.78 is 0. The molecule has 1 aromatic heterocycles. The molecule has 5 heteroatoms. The second kappa shape index (κ2) is 8.21. The van der Waals surface area contributed by atoms with E-state index in [2.05, 4.69) is 23.7 Å². The molecular weight excluding hydrogens is 362 g/mol. The van der Waals surface area contributed by atoms with Gasteiger partial charge in [0.05, 0.1) is 0 Å². The molecule has 5 nitrogen and oxygen atoms in total. The minimum atomic E-state index is -0.0348. The Kier molecular flexibility index (Phi) is 5.49. The quantitative estimate of drug-likeness (QED) is 0.742. The van der Waals surface area contributed by atoms with Crippen LogP contribution in [0.5, 0.6) is 0 Å². The van der Waals surface area contributed by atoms with Gasteiger partial charge < -0.3 is 9.88 Å². The van der Waals surface area contributed by atoms with Crippen LogP contribution in [0.1, 0.15) is 41.3 Å². The average Bonchev–Trinajstić information content (AvgIpc) is 2.74. The van der Waals surface area contributed by atoms with Crippen LogP contribution < -0.4 is 5.56 Å². The standard InChI is InChI=1S/C24H27N3O2/c1-17(2)18-7-9-19(10-8-18)24(29)27-13-11-26(12-14-27)16-21-15-20-5-3-4-6-22(20)25-23(21)28/h3-10,15,17H,11-14,16H2,1-2H3,(H,25,28). The molecule has 0 bridgehead atoms. The molecule has 29 heavy (non-hydrogen) atoms. The lowest BCUT2D eigenvalue weighted by molar-refractivity contribution is 0.0628. The minimum absolute atomic E-state index is 0.0348. The number of amides is 1. The molecule has 0 saturated carbocycles. The van der Waals surface area contributed by atoms with Gasteiger partial charge in [-0.15, -0.1) is 0 Å². The van der Waals surface area contributed by atoms with E-state index in [0.29, 0.717) is 25.6 Å². The monoisotopic (exact) mass is 389 g/mol. The molecule has 2 aromatic carbocycles. The molecule has 0 spiro atoms. The number of para-hydroxylation sites is 1. The zero-order valence-electron chi connectivity index (χ0n) is 17.0. The molecule has 0 aliphatic carbocycles. The van der Waals surface area contributed by atoms with Crippen LogP contribution in [-0.2, 0) is 6.54 Å². The summed E-state index contributed by atoms with van der Waals surface area (Å²) in [7, 11) is 0. The Labute approximate surface area is 171 Å². The molecule has 1 aliphatic rings. The van der Waals surface area contributed by atoms with Gasteiger partial charge in [0.25, 0.3) is 11.5 Å². The Balaban J connectivity index is 1.39. The number of aromatic amines is 1. The van der Waals surface area contributed by atoms with E-state index in [4.69, 9.17) is 0 Å². The van der Waals surface area contributed by atoms with Crippen molar-refractivity contribution in [1.82, 2.24) is 14.8 Å². The van der Waals surface area contributed by atoms with Crippen molar-refractivity contribution in [3.63, 3.8) is 0 Å². The maximum atomic E-state index is 12.8. The van der Waals surface area contributed by atoms with Crippen molar-refractivity contribution in [2.24, 2.45) is 0 Å². The highest BCUT2D eigenvalue weighted by atomic mass is 16.2. The third-order valence-electron chi connectivity index (χ3n) is 5.71. The number of aromatic nitrogens is 1. The van der Waals surface area contributed by atoms with Gasteiger partial charge in [-0.05, 0) is 41.1 Å². The van der Waals surface area contributed by atoms with Crippen molar-refractivity contribution in [1.29, 1.82) is 0 Å². The molecule has 1 N–H and O–H groups in total. The summed E-state index contributed by atoms with van der Waals surface area (Å²) in [5.41, 5.74) is 3.58. The highest BCUT2D eigenvalue weighted by Gasteiger charge is 2.22. The van der Waals surface area contributed by atoms with E-state index in [-0.39, 0.29) is 11.5 Å². The Hall–Kier alpha value is -2.92. The van der Waals surface area contributed by atoms with Gasteiger partial charge in [-0.2, -0.15) is 0 Å². The third kappa shape index (κ3) is 4.25. The van der Waals surface area contributed by atoms with E-state index in [1.54, 1.807) is 0 Å². The second-order valence-electron chi connectivity index (χ2n) is 8.06. The molecule has 1 amide bonds. The molecule has 3 aromatic rings. The molecule has 0 unspecified atom stereocenters. The minimum Gasteiger partial charge on any atom is -0.336 e. The number of piperazine rings is 1. The Morgan fingerprint density at radius 3 is 2.38 bits per heavy atom. The van der Waals surface area contributed by atoms with Crippen molar-refractivity contribution in [3.05, 3.63) is 81.6 Å². The first-order chi connectivity index (χ1) is 14.0. The number of hydrogen-bond donors (Lipinski definition) is 1. The number of nitrogens with zero attached hydrogens (tertiary/aromatic N) is 2. The van der Waals surface area contributed by atoms with E-state index in [1.165, 1.54) is 5.56 Å². The molecule has 0 atom stereocenters. The van der Waals surface area contributed by atoms with Gasteiger partial charge in [0.15, 0.2) is 0 Å². The number of hydrogen-bond acceptors (Lipinski definition) is 3. The van der Waals surface area contributed by atoms with E-state index < -0.39 is 0 Å². The number of benzene rings is 2. The Morgan fingerprint density at radius 1 is 1.00 bits per heavy atom. The largest absolute Gasteiger partial charge is 0.336 e. The van der Waals surface area contributed by atoms with E-state index in [1.807, 2.05) is 59.5 Å². The summed E-state index contributed by atoms with van der Waals surface area (Å²) in [5.74, 6) is 0.546. The van der Waals surface area contributed by atoms with Crippen molar-refractivity contribution in [2.45, 2.75) is 26.3 Å². The Morgan fingerprint density at radius 2 is 1.69 bits per heavy atom. The molecular formula is C24H27N3O2. The maximum absolute atomic E-state index is 12.8. The molecule has 1 aliphatic heterocycles. The van der Waals surface area contributed by atoms with Crippen molar-refractivity contribution in [2.75, 3.05) is 26.2 Å². The van der Waals surface area contributed by atoms with Crippen LogP contribution in [0, 0.1) is 0 Å². The van der Waals surface area contributed by atoms with Crippen molar-refractivity contribution < 1.29 is 4.79 Å². The molecule has 2 heterocycles. The zero-order valence-corrected chi connectivity index (χ0v) is 17.0. The first kappa shape index (κ1) is 19.4. The topological polar surface area (TPSA) is 56.4 Å². The molecule has 150 valence electrons.